The largest absolute Gasteiger partial charge is 0.384 e. The molecule has 3 heteroatoms. The molecule has 1 aromatic carbocycles. The fourth-order valence-corrected chi connectivity index (χ4v) is 2.26. The molecule has 0 amide bonds. The Morgan fingerprint density at radius 3 is 2.89 bits per heavy atom. The smallest absolute Gasteiger partial charge is 0.0726 e. The SMILES string of the molecule is CCCNc1cc(CNC2CC2)nc2ccccc12. The Kier molecular flexibility index (Phi) is 3.65. The van der Waals surface area contributed by atoms with Crippen molar-refractivity contribution < 1.29 is 0 Å². The first-order chi connectivity index (χ1) is 9.36. The quantitative estimate of drug-likeness (QED) is 0.831. The molecule has 1 aliphatic carbocycles. The summed E-state index contributed by atoms with van der Waals surface area (Å²) in [5.41, 5.74) is 3.42. The van der Waals surface area contributed by atoms with Crippen molar-refractivity contribution in [2.24, 2.45) is 0 Å². The van der Waals surface area contributed by atoms with Crippen LogP contribution in [-0.2, 0) is 6.54 Å². The molecule has 0 aliphatic heterocycles. The summed E-state index contributed by atoms with van der Waals surface area (Å²) in [7, 11) is 0. The number of anilines is 1. The van der Waals surface area contributed by atoms with Gasteiger partial charge in [0.15, 0.2) is 0 Å². The van der Waals surface area contributed by atoms with Gasteiger partial charge in [0, 0.05) is 30.2 Å². The molecule has 1 fully saturated rings. The molecule has 1 aromatic heterocycles. The lowest BCUT2D eigenvalue weighted by atomic mass is 10.1. The Morgan fingerprint density at radius 2 is 2.11 bits per heavy atom. The predicted octanol–water partition coefficient (Wildman–Crippen LogP) is 3.31. The molecule has 1 heterocycles. The Balaban J connectivity index is 1.88. The monoisotopic (exact) mass is 255 g/mol. The summed E-state index contributed by atoms with van der Waals surface area (Å²) < 4.78 is 0. The Labute approximate surface area is 114 Å². The van der Waals surface area contributed by atoms with E-state index in [1.807, 2.05) is 0 Å². The van der Waals surface area contributed by atoms with Gasteiger partial charge in [-0.1, -0.05) is 25.1 Å². The molecular formula is C16H21N3. The molecule has 0 atom stereocenters. The maximum atomic E-state index is 4.74. The van der Waals surface area contributed by atoms with Crippen LogP contribution in [0.3, 0.4) is 0 Å². The zero-order valence-corrected chi connectivity index (χ0v) is 11.4. The third kappa shape index (κ3) is 3.04. The van der Waals surface area contributed by atoms with Gasteiger partial charge in [-0.15, -0.1) is 0 Å². The van der Waals surface area contributed by atoms with Crippen LogP contribution < -0.4 is 10.6 Å². The van der Waals surface area contributed by atoms with Crippen LogP contribution in [0.5, 0.6) is 0 Å². The first kappa shape index (κ1) is 12.4. The number of para-hydroxylation sites is 1. The van der Waals surface area contributed by atoms with Gasteiger partial charge in [0.1, 0.15) is 0 Å². The third-order valence-corrected chi connectivity index (χ3v) is 3.48. The van der Waals surface area contributed by atoms with Crippen LogP contribution in [0.15, 0.2) is 30.3 Å². The van der Waals surface area contributed by atoms with E-state index < -0.39 is 0 Å². The van der Waals surface area contributed by atoms with E-state index in [1.54, 1.807) is 0 Å². The van der Waals surface area contributed by atoms with Gasteiger partial charge in [0.25, 0.3) is 0 Å². The summed E-state index contributed by atoms with van der Waals surface area (Å²) in [5, 5.41) is 8.26. The number of rotatable bonds is 6. The van der Waals surface area contributed by atoms with Gasteiger partial charge >= 0.3 is 0 Å². The fourth-order valence-electron chi connectivity index (χ4n) is 2.26. The lowest BCUT2D eigenvalue weighted by Crippen LogP contribution is -2.16. The normalized spacial score (nSPS) is 14.8. The molecule has 3 rings (SSSR count). The Bertz CT molecular complexity index is 561. The van der Waals surface area contributed by atoms with Crippen LogP contribution in [0.25, 0.3) is 10.9 Å². The topological polar surface area (TPSA) is 37.0 Å². The second-order valence-corrected chi connectivity index (χ2v) is 5.26. The van der Waals surface area contributed by atoms with E-state index >= 15 is 0 Å². The van der Waals surface area contributed by atoms with Gasteiger partial charge in [0.05, 0.1) is 11.2 Å². The Hall–Kier alpha value is -1.61. The van der Waals surface area contributed by atoms with E-state index in [9.17, 15) is 0 Å². The second kappa shape index (κ2) is 5.57. The maximum absolute atomic E-state index is 4.74. The average molecular weight is 255 g/mol. The summed E-state index contributed by atoms with van der Waals surface area (Å²) in [6.07, 6.45) is 3.76. The number of aromatic nitrogens is 1. The number of fused-ring (bicyclic) bond motifs is 1. The van der Waals surface area contributed by atoms with Crippen LogP contribution in [0.1, 0.15) is 31.9 Å². The van der Waals surface area contributed by atoms with Crippen molar-refractivity contribution >= 4 is 16.6 Å². The second-order valence-electron chi connectivity index (χ2n) is 5.26. The van der Waals surface area contributed by atoms with E-state index in [4.69, 9.17) is 4.98 Å². The molecule has 0 bridgehead atoms. The standard InChI is InChI=1S/C16H21N3/c1-2-9-17-16-10-13(11-18-12-7-8-12)19-15-6-4-3-5-14(15)16/h3-6,10,12,18H,2,7-9,11H2,1H3,(H,17,19). The zero-order valence-electron chi connectivity index (χ0n) is 11.4. The molecule has 2 aromatic rings. The molecule has 1 aliphatic rings. The highest BCUT2D eigenvalue weighted by molar-refractivity contribution is 5.91. The van der Waals surface area contributed by atoms with Crippen LogP contribution in [0.2, 0.25) is 0 Å². The highest BCUT2D eigenvalue weighted by Gasteiger charge is 2.20. The Morgan fingerprint density at radius 1 is 1.26 bits per heavy atom. The molecule has 0 spiro atoms. The molecule has 1 saturated carbocycles. The van der Waals surface area contributed by atoms with Crippen molar-refractivity contribution in [3.05, 3.63) is 36.0 Å². The highest BCUT2D eigenvalue weighted by atomic mass is 15.0. The van der Waals surface area contributed by atoms with Crippen LogP contribution in [-0.4, -0.2) is 17.6 Å². The minimum absolute atomic E-state index is 0.723. The van der Waals surface area contributed by atoms with Gasteiger partial charge in [0.2, 0.25) is 0 Å². The third-order valence-electron chi connectivity index (χ3n) is 3.48. The fraction of sp³-hybridized carbons (Fsp3) is 0.438. The van der Waals surface area contributed by atoms with E-state index in [0.29, 0.717) is 0 Å². The van der Waals surface area contributed by atoms with Crippen LogP contribution in [0.4, 0.5) is 5.69 Å². The summed E-state index contributed by atoms with van der Waals surface area (Å²) in [5.74, 6) is 0. The molecule has 2 N–H and O–H groups in total. The van der Waals surface area contributed by atoms with Gasteiger partial charge in [-0.05, 0) is 31.4 Å². The van der Waals surface area contributed by atoms with Gasteiger partial charge in [-0.2, -0.15) is 0 Å². The van der Waals surface area contributed by atoms with E-state index in [0.717, 1.165) is 36.8 Å². The zero-order chi connectivity index (χ0) is 13.1. The molecule has 19 heavy (non-hydrogen) atoms. The minimum Gasteiger partial charge on any atom is -0.384 e. The number of nitrogens with zero attached hydrogens (tertiary/aromatic N) is 1. The van der Waals surface area contributed by atoms with Crippen molar-refractivity contribution in [2.45, 2.75) is 38.8 Å². The predicted molar refractivity (Wildman–Crippen MR) is 80.4 cm³/mol. The molecule has 100 valence electrons. The van der Waals surface area contributed by atoms with Crippen molar-refractivity contribution in [1.82, 2.24) is 10.3 Å². The number of benzene rings is 1. The van der Waals surface area contributed by atoms with Crippen LogP contribution in [0, 0.1) is 0 Å². The highest BCUT2D eigenvalue weighted by Crippen LogP contribution is 2.24. The first-order valence-corrected chi connectivity index (χ1v) is 7.22. The van der Waals surface area contributed by atoms with Crippen molar-refractivity contribution in [2.75, 3.05) is 11.9 Å². The maximum Gasteiger partial charge on any atom is 0.0726 e. The molecule has 3 nitrogen and oxygen atoms in total. The summed E-state index contributed by atoms with van der Waals surface area (Å²) in [6.45, 7) is 4.06. The van der Waals surface area contributed by atoms with Gasteiger partial charge < -0.3 is 10.6 Å². The van der Waals surface area contributed by atoms with Gasteiger partial charge in [-0.25, -0.2) is 0 Å². The van der Waals surface area contributed by atoms with E-state index in [2.05, 4.69) is 47.9 Å². The molecule has 0 unspecified atom stereocenters. The number of nitrogens with one attached hydrogen (secondary N) is 2. The molecule has 0 saturated heterocycles. The first-order valence-electron chi connectivity index (χ1n) is 7.22. The van der Waals surface area contributed by atoms with Crippen molar-refractivity contribution in [3.63, 3.8) is 0 Å². The summed E-state index contributed by atoms with van der Waals surface area (Å²) in [6, 6.07) is 11.3. The lowest BCUT2D eigenvalue weighted by molar-refractivity contribution is 0.676. The summed E-state index contributed by atoms with van der Waals surface area (Å²) in [4.78, 5) is 4.74. The number of pyridine rings is 1. The summed E-state index contributed by atoms with van der Waals surface area (Å²) >= 11 is 0. The van der Waals surface area contributed by atoms with E-state index in [-0.39, 0.29) is 0 Å². The van der Waals surface area contributed by atoms with Gasteiger partial charge in [-0.3, -0.25) is 4.98 Å². The molecular weight excluding hydrogens is 234 g/mol. The van der Waals surface area contributed by atoms with Crippen molar-refractivity contribution in [3.8, 4) is 0 Å². The number of hydrogen-bond donors (Lipinski definition) is 2. The lowest BCUT2D eigenvalue weighted by Gasteiger charge is -2.11. The van der Waals surface area contributed by atoms with Crippen LogP contribution >= 0.6 is 0 Å². The number of hydrogen-bond acceptors (Lipinski definition) is 3. The van der Waals surface area contributed by atoms with Crippen molar-refractivity contribution in [1.29, 1.82) is 0 Å². The molecule has 0 radical (unpaired) electrons. The average Bonchev–Trinajstić information content (AvgIpc) is 3.26. The van der Waals surface area contributed by atoms with E-state index in [1.165, 1.54) is 23.9 Å². The minimum atomic E-state index is 0.723.